The fourth-order valence-electron chi connectivity index (χ4n) is 1.53. The first-order valence-corrected chi connectivity index (χ1v) is 6.19. The molecule has 90 valence electrons. The SMILES string of the molecule is Cc1ccc2nc(NC(=O)c3cscn3)nn2c1. The van der Waals surface area contributed by atoms with Crippen LogP contribution in [0.25, 0.3) is 5.65 Å². The summed E-state index contributed by atoms with van der Waals surface area (Å²) in [6.45, 7) is 1.97. The lowest BCUT2D eigenvalue weighted by atomic mass is 10.3. The Balaban J connectivity index is 1.89. The van der Waals surface area contributed by atoms with E-state index < -0.39 is 0 Å². The number of hydrogen-bond acceptors (Lipinski definition) is 5. The van der Waals surface area contributed by atoms with Gasteiger partial charge in [0, 0.05) is 11.6 Å². The molecule has 0 aliphatic rings. The summed E-state index contributed by atoms with van der Waals surface area (Å²) in [4.78, 5) is 19.9. The van der Waals surface area contributed by atoms with Gasteiger partial charge in [0.25, 0.3) is 5.91 Å². The molecule has 3 aromatic heterocycles. The molecule has 0 aliphatic heterocycles. The minimum atomic E-state index is -0.302. The molecule has 0 aromatic carbocycles. The van der Waals surface area contributed by atoms with Crippen LogP contribution < -0.4 is 5.32 Å². The molecule has 0 saturated carbocycles. The smallest absolute Gasteiger partial charge is 0.277 e. The summed E-state index contributed by atoms with van der Waals surface area (Å²) in [6, 6.07) is 3.79. The number of aryl methyl sites for hydroxylation is 1. The highest BCUT2D eigenvalue weighted by atomic mass is 32.1. The zero-order valence-corrected chi connectivity index (χ0v) is 10.3. The molecule has 1 amide bonds. The number of amides is 1. The van der Waals surface area contributed by atoms with Crippen LogP contribution in [0.5, 0.6) is 0 Å². The van der Waals surface area contributed by atoms with E-state index in [2.05, 4.69) is 20.4 Å². The fraction of sp³-hybridized carbons (Fsp3) is 0.0909. The molecule has 0 spiro atoms. The third kappa shape index (κ3) is 1.95. The first kappa shape index (κ1) is 10.8. The van der Waals surface area contributed by atoms with Crippen LogP contribution in [0.15, 0.2) is 29.2 Å². The maximum absolute atomic E-state index is 11.8. The second-order valence-corrected chi connectivity index (χ2v) is 4.49. The zero-order chi connectivity index (χ0) is 12.5. The van der Waals surface area contributed by atoms with Gasteiger partial charge in [-0.15, -0.1) is 16.4 Å². The molecule has 0 radical (unpaired) electrons. The van der Waals surface area contributed by atoms with E-state index in [1.54, 1.807) is 15.4 Å². The van der Waals surface area contributed by atoms with Crippen LogP contribution in [0.1, 0.15) is 16.1 Å². The first-order valence-electron chi connectivity index (χ1n) is 5.25. The monoisotopic (exact) mass is 259 g/mol. The van der Waals surface area contributed by atoms with E-state index in [-0.39, 0.29) is 11.9 Å². The molecule has 7 heteroatoms. The summed E-state index contributed by atoms with van der Waals surface area (Å²) in [7, 11) is 0. The molecule has 0 atom stereocenters. The van der Waals surface area contributed by atoms with Crippen LogP contribution in [-0.4, -0.2) is 25.5 Å². The standard InChI is InChI=1S/C11H9N5OS/c1-7-2-3-9-13-11(15-16(9)4-7)14-10(17)8-5-18-6-12-8/h2-6H,1H3,(H,14,15,17). The molecule has 0 unspecified atom stereocenters. The molecule has 6 nitrogen and oxygen atoms in total. The van der Waals surface area contributed by atoms with E-state index in [0.717, 1.165) is 5.56 Å². The summed E-state index contributed by atoms with van der Waals surface area (Å²) in [6.07, 6.45) is 1.85. The van der Waals surface area contributed by atoms with Crippen molar-refractivity contribution >= 4 is 28.8 Å². The lowest BCUT2D eigenvalue weighted by molar-refractivity contribution is 0.102. The lowest BCUT2D eigenvalue weighted by Gasteiger charge is -1.95. The lowest BCUT2D eigenvalue weighted by Crippen LogP contribution is -2.13. The van der Waals surface area contributed by atoms with Gasteiger partial charge in [-0.25, -0.2) is 9.50 Å². The van der Waals surface area contributed by atoms with E-state index in [9.17, 15) is 4.79 Å². The molecule has 0 fully saturated rings. The van der Waals surface area contributed by atoms with Crippen LogP contribution in [0.4, 0.5) is 5.95 Å². The second-order valence-electron chi connectivity index (χ2n) is 3.77. The highest BCUT2D eigenvalue weighted by Gasteiger charge is 2.11. The third-order valence-electron chi connectivity index (χ3n) is 2.37. The Bertz CT molecular complexity index is 703. The maximum atomic E-state index is 11.8. The van der Waals surface area contributed by atoms with Crippen molar-refractivity contribution < 1.29 is 4.79 Å². The number of thiazole rings is 1. The molecule has 0 aliphatic carbocycles. The number of carbonyl (C=O) groups is 1. The molecule has 3 heterocycles. The largest absolute Gasteiger partial charge is 0.288 e. The van der Waals surface area contributed by atoms with Gasteiger partial charge in [0.2, 0.25) is 5.95 Å². The fourth-order valence-corrected chi connectivity index (χ4v) is 2.06. The van der Waals surface area contributed by atoms with E-state index in [4.69, 9.17) is 0 Å². The van der Waals surface area contributed by atoms with Gasteiger partial charge in [0.1, 0.15) is 5.69 Å². The first-order chi connectivity index (χ1) is 8.72. The van der Waals surface area contributed by atoms with Gasteiger partial charge in [-0.05, 0) is 18.6 Å². The van der Waals surface area contributed by atoms with Gasteiger partial charge in [-0.2, -0.15) is 4.98 Å². The number of carbonyl (C=O) groups excluding carboxylic acids is 1. The van der Waals surface area contributed by atoms with Crippen LogP contribution in [-0.2, 0) is 0 Å². The van der Waals surface area contributed by atoms with Crippen LogP contribution >= 0.6 is 11.3 Å². The quantitative estimate of drug-likeness (QED) is 0.761. The number of rotatable bonds is 2. The Morgan fingerprint density at radius 1 is 1.44 bits per heavy atom. The van der Waals surface area contributed by atoms with Crippen LogP contribution in [0.2, 0.25) is 0 Å². The van der Waals surface area contributed by atoms with Crippen LogP contribution in [0, 0.1) is 6.92 Å². The Morgan fingerprint density at radius 3 is 3.11 bits per heavy atom. The van der Waals surface area contributed by atoms with E-state index in [0.29, 0.717) is 11.3 Å². The van der Waals surface area contributed by atoms with Gasteiger partial charge in [0.15, 0.2) is 5.65 Å². The number of nitrogens with zero attached hydrogens (tertiary/aromatic N) is 4. The van der Waals surface area contributed by atoms with E-state index >= 15 is 0 Å². The number of fused-ring (bicyclic) bond motifs is 1. The molecular formula is C11H9N5OS. The van der Waals surface area contributed by atoms with Gasteiger partial charge in [-0.3, -0.25) is 10.1 Å². The Morgan fingerprint density at radius 2 is 2.33 bits per heavy atom. The molecule has 3 aromatic rings. The highest BCUT2D eigenvalue weighted by Crippen LogP contribution is 2.09. The second kappa shape index (κ2) is 4.19. The predicted molar refractivity (Wildman–Crippen MR) is 67.8 cm³/mol. The van der Waals surface area contributed by atoms with Crippen molar-refractivity contribution in [2.24, 2.45) is 0 Å². The molecule has 0 saturated heterocycles. The topological polar surface area (TPSA) is 72.2 Å². The predicted octanol–water partition coefficient (Wildman–Crippen LogP) is 1.75. The number of aromatic nitrogens is 4. The summed E-state index contributed by atoms with van der Waals surface area (Å²) >= 11 is 1.37. The van der Waals surface area contributed by atoms with Crippen molar-refractivity contribution in [1.82, 2.24) is 19.6 Å². The number of nitrogens with one attached hydrogen (secondary N) is 1. The van der Waals surface area contributed by atoms with Crippen molar-refractivity contribution in [3.63, 3.8) is 0 Å². The minimum Gasteiger partial charge on any atom is -0.288 e. The van der Waals surface area contributed by atoms with E-state index in [1.807, 2.05) is 25.3 Å². The van der Waals surface area contributed by atoms with Crippen molar-refractivity contribution in [2.75, 3.05) is 5.32 Å². The summed E-state index contributed by atoms with van der Waals surface area (Å²) in [5.41, 5.74) is 3.74. The van der Waals surface area contributed by atoms with Crippen molar-refractivity contribution in [2.45, 2.75) is 6.92 Å². The average Bonchev–Trinajstić information content (AvgIpc) is 2.95. The van der Waals surface area contributed by atoms with Crippen molar-refractivity contribution in [3.05, 3.63) is 40.5 Å². The summed E-state index contributed by atoms with van der Waals surface area (Å²) in [5.74, 6) is -0.0255. The molecular weight excluding hydrogens is 250 g/mol. The van der Waals surface area contributed by atoms with Crippen molar-refractivity contribution in [1.29, 1.82) is 0 Å². The average molecular weight is 259 g/mol. The Kier molecular flexibility index (Phi) is 2.52. The number of anilines is 1. The number of pyridine rings is 1. The minimum absolute atomic E-state index is 0.276. The van der Waals surface area contributed by atoms with Gasteiger partial charge in [0.05, 0.1) is 5.51 Å². The van der Waals surface area contributed by atoms with Gasteiger partial charge in [-0.1, -0.05) is 6.07 Å². The summed E-state index contributed by atoms with van der Waals surface area (Å²) in [5, 5.41) is 8.46. The zero-order valence-electron chi connectivity index (χ0n) is 9.49. The normalized spacial score (nSPS) is 10.7. The Hall–Kier alpha value is -2.28. The van der Waals surface area contributed by atoms with Crippen molar-refractivity contribution in [3.8, 4) is 0 Å². The van der Waals surface area contributed by atoms with E-state index in [1.165, 1.54) is 11.3 Å². The molecule has 18 heavy (non-hydrogen) atoms. The summed E-state index contributed by atoms with van der Waals surface area (Å²) < 4.78 is 1.63. The van der Waals surface area contributed by atoms with Gasteiger partial charge >= 0.3 is 0 Å². The highest BCUT2D eigenvalue weighted by molar-refractivity contribution is 7.07. The molecule has 3 rings (SSSR count). The molecule has 0 bridgehead atoms. The molecule has 1 N–H and O–H groups in total. The Labute approximate surface area is 106 Å². The van der Waals surface area contributed by atoms with Crippen LogP contribution in [0.3, 0.4) is 0 Å². The number of hydrogen-bond donors (Lipinski definition) is 1. The third-order valence-corrected chi connectivity index (χ3v) is 2.96. The van der Waals surface area contributed by atoms with Gasteiger partial charge < -0.3 is 0 Å². The maximum Gasteiger partial charge on any atom is 0.277 e.